The van der Waals surface area contributed by atoms with E-state index in [9.17, 15) is 0 Å². The summed E-state index contributed by atoms with van der Waals surface area (Å²) in [4.78, 5) is 9.72. The van der Waals surface area contributed by atoms with Crippen LogP contribution >= 0.6 is 22.7 Å². The maximum absolute atomic E-state index is 4.86. The molecule has 4 aromatic rings. The van der Waals surface area contributed by atoms with Crippen molar-refractivity contribution in [3.8, 4) is 32.5 Å². The molecule has 154 valence electrons. The third-order valence-electron chi connectivity index (χ3n) is 4.98. The van der Waals surface area contributed by atoms with E-state index in [0.29, 0.717) is 11.8 Å². The summed E-state index contributed by atoms with van der Waals surface area (Å²) < 4.78 is 0. The van der Waals surface area contributed by atoms with E-state index in [1.165, 1.54) is 22.3 Å². The van der Waals surface area contributed by atoms with Crippen LogP contribution in [-0.4, -0.2) is 9.97 Å². The first kappa shape index (κ1) is 21.0. The van der Waals surface area contributed by atoms with Gasteiger partial charge in [0.1, 0.15) is 0 Å². The van der Waals surface area contributed by atoms with E-state index >= 15 is 0 Å². The van der Waals surface area contributed by atoms with Crippen molar-refractivity contribution in [1.82, 2.24) is 9.97 Å². The third-order valence-corrected chi connectivity index (χ3v) is 6.81. The van der Waals surface area contributed by atoms with Crippen LogP contribution in [0.3, 0.4) is 0 Å². The number of hydrogen-bond acceptors (Lipinski definition) is 4. The summed E-state index contributed by atoms with van der Waals surface area (Å²) in [5.41, 5.74) is 7.16. The van der Waals surface area contributed by atoms with Crippen molar-refractivity contribution in [1.29, 1.82) is 0 Å². The van der Waals surface area contributed by atoms with Gasteiger partial charge in [0.25, 0.3) is 0 Å². The van der Waals surface area contributed by atoms with Crippen LogP contribution in [0.2, 0.25) is 0 Å². The Morgan fingerprint density at radius 2 is 0.967 bits per heavy atom. The normalized spacial score (nSPS) is 11.5. The van der Waals surface area contributed by atoms with E-state index in [1.807, 2.05) is 0 Å². The fourth-order valence-electron chi connectivity index (χ4n) is 3.58. The Balaban J connectivity index is 1.50. The first-order chi connectivity index (χ1) is 14.5. The summed E-state index contributed by atoms with van der Waals surface area (Å²) in [5.74, 6) is 1.35. The Morgan fingerprint density at radius 1 is 0.600 bits per heavy atom. The molecular weight excluding hydrogens is 404 g/mol. The highest BCUT2D eigenvalue weighted by Gasteiger charge is 2.12. The largest absolute Gasteiger partial charge is 0.233 e. The molecule has 0 aliphatic rings. The highest BCUT2D eigenvalue weighted by atomic mass is 32.1. The molecule has 0 bridgehead atoms. The van der Waals surface area contributed by atoms with Crippen LogP contribution in [0.15, 0.2) is 59.3 Å². The van der Waals surface area contributed by atoms with Crippen LogP contribution in [0.5, 0.6) is 0 Å². The fourth-order valence-corrected chi connectivity index (χ4v) is 5.28. The predicted molar refractivity (Wildman–Crippen MR) is 131 cm³/mol. The van der Waals surface area contributed by atoms with E-state index in [1.54, 1.807) is 22.7 Å². The summed E-state index contributed by atoms with van der Waals surface area (Å²) in [5, 5.41) is 6.25. The van der Waals surface area contributed by atoms with Crippen LogP contribution in [0.1, 0.15) is 38.8 Å². The maximum Gasteiger partial charge on any atom is 0.152 e. The molecule has 0 spiro atoms. The Labute approximate surface area is 187 Å². The Morgan fingerprint density at radius 3 is 1.30 bits per heavy atom. The average molecular weight is 433 g/mol. The van der Waals surface area contributed by atoms with Crippen molar-refractivity contribution < 1.29 is 0 Å². The molecule has 0 saturated heterocycles. The van der Waals surface area contributed by atoms with E-state index in [-0.39, 0.29) is 0 Å². The van der Waals surface area contributed by atoms with Gasteiger partial charge in [-0.1, -0.05) is 76.2 Å². The quantitative estimate of drug-likeness (QED) is 0.296. The second-order valence-corrected chi connectivity index (χ2v) is 10.4. The molecule has 0 amide bonds. The van der Waals surface area contributed by atoms with Crippen LogP contribution in [-0.2, 0) is 12.8 Å². The van der Waals surface area contributed by atoms with Gasteiger partial charge in [0.05, 0.1) is 11.4 Å². The Kier molecular flexibility index (Phi) is 6.45. The molecule has 2 aromatic heterocycles. The topological polar surface area (TPSA) is 25.8 Å². The number of rotatable bonds is 7. The van der Waals surface area contributed by atoms with E-state index in [0.717, 1.165) is 34.2 Å². The molecule has 2 aromatic carbocycles. The molecule has 2 heterocycles. The molecule has 4 rings (SSSR count). The third kappa shape index (κ3) is 5.05. The fraction of sp³-hybridized carbons (Fsp3) is 0.308. The summed E-state index contributed by atoms with van der Waals surface area (Å²) in [6.07, 6.45) is 2.23. The zero-order chi connectivity index (χ0) is 21.1. The zero-order valence-electron chi connectivity index (χ0n) is 18.1. The summed E-state index contributed by atoms with van der Waals surface area (Å²) in [7, 11) is 0. The van der Waals surface area contributed by atoms with Crippen molar-refractivity contribution >= 4 is 22.7 Å². The highest BCUT2D eigenvalue weighted by molar-refractivity contribution is 7.20. The molecule has 0 atom stereocenters. The van der Waals surface area contributed by atoms with Gasteiger partial charge in [-0.15, -0.1) is 22.7 Å². The molecule has 0 aliphatic heterocycles. The van der Waals surface area contributed by atoms with Gasteiger partial charge in [-0.05, 0) is 35.8 Å². The van der Waals surface area contributed by atoms with Gasteiger partial charge in [-0.25, -0.2) is 9.97 Å². The van der Waals surface area contributed by atoms with Gasteiger partial charge >= 0.3 is 0 Å². The molecule has 0 radical (unpaired) electrons. The number of hydrogen-bond donors (Lipinski definition) is 0. The first-order valence-corrected chi connectivity index (χ1v) is 12.3. The SMILES string of the molecule is CC(C)Cc1ccc(-c2csc(-c3nc(-c4ccc(CC(C)C)cc4)cs3)n2)cc1. The summed E-state index contributed by atoms with van der Waals surface area (Å²) in [6.45, 7) is 9.01. The second-order valence-electron chi connectivity index (χ2n) is 8.67. The van der Waals surface area contributed by atoms with Crippen LogP contribution in [0.4, 0.5) is 0 Å². The molecule has 0 N–H and O–H groups in total. The van der Waals surface area contributed by atoms with E-state index in [2.05, 4.69) is 87.0 Å². The highest BCUT2D eigenvalue weighted by Crippen LogP contribution is 2.33. The minimum atomic E-state index is 0.673. The van der Waals surface area contributed by atoms with E-state index in [4.69, 9.17) is 9.97 Å². The van der Waals surface area contributed by atoms with Gasteiger partial charge in [0.15, 0.2) is 10.0 Å². The predicted octanol–water partition coefficient (Wildman–Crippen LogP) is 8.00. The lowest BCUT2D eigenvalue weighted by atomic mass is 10.0. The standard InChI is InChI=1S/C26H28N2S2/c1-17(2)13-19-5-9-21(10-6-19)23-15-29-25(27-23)26-28-24(16-30-26)22-11-7-20(8-12-22)14-18(3)4/h5-12,15-18H,13-14H2,1-4H3. The molecular formula is C26H28N2S2. The zero-order valence-corrected chi connectivity index (χ0v) is 19.7. The van der Waals surface area contributed by atoms with Crippen molar-refractivity contribution in [3.05, 3.63) is 70.4 Å². The van der Waals surface area contributed by atoms with Crippen LogP contribution in [0, 0.1) is 11.8 Å². The number of thiazole rings is 2. The molecule has 0 fully saturated rings. The van der Waals surface area contributed by atoms with Crippen LogP contribution < -0.4 is 0 Å². The van der Waals surface area contributed by atoms with Gasteiger partial charge < -0.3 is 0 Å². The number of benzene rings is 2. The molecule has 30 heavy (non-hydrogen) atoms. The van der Waals surface area contributed by atoms with Crippen molar-refractivity contribution in [2.24, 2.45) is 11.8 Å². The second kappa shape index (κ2) is 9.23. The van der Waals surface area contributed by atoms with Gasteiger partial charge in [0.2, 0.25) is 0 Å². The molecule has 0 aliphatic carbocycles. The summed E-state index contributed by atoms with van der Waals surface area (Å²) >= 11 is 3.33. The molecule has 0 unspecified atom stereocenters. The number of aromatic nitrogens is 2. The lowest BCUT2D eigenvalue weighted by Crippen LogP contribution is -1.93. The van der Waals surface area contributed by atoms with Crippen molar-refractivity contribution in [2.45, 2.75) is 40.5 Å². The first-order valence-electron chi connectivity index (χ1n) is 10.6. The Bertz CT molecular complexity index is 997. The maximum atomic E-state index is 4.86. The van der Waals surface area contributed by atoms with Gasteiger partial charge in [-0.3, -0.25) is 0 Å². The minimum absolute atomic E-state index is 0.673. The van der Waals surface area contributed by atoms with Gasteiger partial charge in [-0.2, -0.15) is 0 Å². The molecule has 0 saturated carbocycles. The lowest BCUT2D eigenvalue weighted by Gasteiger charge is -2.05. The van der Waals surface area contributed by atoms with Crippen LogP contribution in [0.25, 0.3) is 32.5 Å². The molecule has 4 heteroatoms. The Hall–Kier alpha value is -2.30. The minimum Gasteiger partial charge on any atom is -0.233 e. The summed E-state index contributed by atoms with van der Waals surface area (Å²) in [6, 6.07) is 17.6. The van der Waals surface area contributed by atoms with Gasteiger partial charge in [0, 0.05) is 21.9 Å². The van der Waals surface area contributed by atoms with Crippen molar-refractivity contribution in [2.75, 3.05) is 0 Å². The lowest BCUT2D eigenvalue weighted by molar-refractivity contribution is 0.647. The smallest absolute Gasteiger partial charge is 0.152 e. The molecule has 2 nitrogen and oxygen atoms in total. The van der Waals surface area contributed by atoms with Crippen molar-refractivity contribution in [3.63, 3.8) is 0 Å². The van der Waals surface area contributed by atoms with E-state index < -0.39 is 0 Å². The average Bonchev–Trinajstić information content (AvgIpc) is 3.38. The monoisotopic (exact) mass is 432 g/mol. The number of nitrogens with zero attached hydrogens (tertiary/aromatic N) is 2.